The average molecular weight is 380 g/mol. The van der Waals surface area contributed by atoms with Crippen molar-refractivity contribution in [2.75, 3.05) is 6.35 Å². The fourth-order valence-corrected chi connectivity index (χ4v) is 2.60. The van der Waals surface area contributed by atoms with E-state index in [9.17, 15) is 24.7 Å². The number of phenols is 3. The monoisotopic (exact) mass is 380 g/mol. The van der Waals surface area contributed by atoms with Gasteiger partial charge >= 0.3 is 7.60 Å². The van der Waals surface area contributed by atoms with E-state index in [4.69, 9.17) is 18.9 Å². The first kappa shape index (κ1) is 17.8. The molecular formula is C16H13O9P. The van der Waals surface area contributed by atoms with Gasteiger partial charge in [0.15, 0.2) is 23.6 Å². The van der Waals surface area contributed by atoms with Gasteiger partial charge in [-0.25, -0.2) is 0 Å². The highest BCUT2D eigenvalue weighted by Gasteiger charge is 2.22. The molecule has 0 bridgehead atoms. The molecule has 0 radical (unpaired) electrons. The SMILES string of the molecule is O=c1c(OCP(=O)(O)O)c(-c2ccc(O)c(O)c2)oc2cc(O)ccc12. The second kappa shape index (κ2) is 6.38. The fraction of sp³-hybridized carbons (Fsp3) is 0.0625. The van der Waals surface area contributed by atoms with Crippen LogP contribution in [-0.4, -0.2) is 31.5 Å². The quantitative estimate of drug-likeness (QED) is 0.337. The van der Waals surface area contributed by atoms with Crippen LogP contribution in [0.2, 0.25) is 0 Å². The molecule has 0 aliphatic heterocycles. The Kier molecular flexibility index (Phi) is 4.37. The van der Waals surface area contributed by atoms with Crippen LogP contribution in [0.5, 0.6) is 23.0 Å². The van der Waals surface area contributed by atoms with Crippen molar-refractivity contribution in [3.8, 4) is 34.3 Å². The first-order chi connectivity index (χ1) is 12.2. The Bertz CT molecular complexity index is 1100. The third kappa shape index (κ3) is 3.50. The van der Waals surface area contributed by atoms with Crippen molar-refractivity contribution < 1.29 is 38.8 Å². The maximum Gasteiger partial charge on any atom is 0.362 e. The Balaban J connectivity index is 2.28. The number of hydrogen-bond donors (Lipinski definition) is 5. The standard InChI is InChI=1S/C16H13O9P/c17-9-2-3-10-13(6-9)25-15(8-1-4-11(18)12(19)5-8)16(14(10)20)24-7-26(21,22)23/h1-6,17-19H,7H2,(H2,21,22,23). The van der Waals surface area contributed by atoms with E-state index in [1.54, 1.807) is 0 Å². The van der Waals surface area contributed by atoms with E-state index < -0.39 is 36.6 Å². The summed E-state index contributed by atoms with van der Waals surface area (Å²) in [4.78, 5) is 30.7. The summed E-state index contributed by atoms with van der Waals surface area (Å²) in [6, 6.07) is 7.26. The van der Waals surface area contributed by atoms with Gasteiger partial charge in [0.25, 0.3) is 0 Å². The van der Waals surface area contributed by atoms with E-state index in [1.807, 2.05) is 0 Å². The molecule has 10 heteroatoms. The lowest BCUT2D eigenvalue weighted by Gasteiger charge is -2.12. The van der Waals surface area contributed by atoms with Crippen LogP contribution in [-0.2, 0) is 4.57 Å². The first-order valence-corrected chi connectivity index (χ1v) is 8.95. The molecule has 5 N–H and O–H groups in total. The number of hydrogen-bond acceptors (Lipinski definition) is 7. The lowest BCUT2D eigenvalue weighted by atomic mass is 10.1. The minimum absolute atomic E-state index is 0.00101. The summed E-state index contributed by atoms with van der Waals surface area (Å²) < 4.78 is 21.7. The van der Waals surface area contributed by atoms with Gasteiger partial charge in [0, 0.05) is 11.6 Å². The Morgan fingerprint density at radius 1 is 1.00 bits per heavy atom. The van der Waals surface area contributed by atoms with Crippen LogP contribution in [0, 0.1) is 0 Å². The number of rotatable bonds is 4. The maximum atomic E-state index is 12.7. The van der Waals surface area contributed by atoms with Crippen molar-refractivity contribution >= 4 is 18.6 Å². The largest absolute Gasteiger partial charge is 0.508 e. The Morgan fingerprint density at radius 2 is 1.73 bits per heavy atom. The van der Waals surface area contributed by atoms with E-state index in [-0.39, 0.29) is 28.0 Å². The molecule has 9 nitrogen and oxygen atoms in total. The smallest absolute Gasteiger partial charge is 0.362 e. The van der Waals surface area contributed by atoms with Crippen LogP contribution in [0.1, 0.15) is 0 Å². The molecule has 2 aromatic carbocycles. The molecular weight excluding hydrogens is 367 g/mol. The zero-order valence-electron chi connectivity index (χ0n) is 13.0. The maximum absolute atomic E-state index is 12.7. The zero-order valence-corrected chi connectivity index (χ0v) is 13.9. The van der Waals surface area contributed by atoms with E-state index in [1.165, 1.54) is 24.3 Å². The first-order valence-electron chi connectivity index (χ1n) is 7.15. The number of benzene rings is 2. The van der Waals surface area contributed by atoms with Gasteiger partial charge in [0.1, 0.15) is 11.3 Å². The number of fused-ring (bicyclic) bond motifs is 1. The van der Waals surface area contributed by atoms with E-state index in [2.05, 4.69) is 0 Å². The number of phenolic OH excluding ortho intramolecular Hbond substituents is 3. The van der Waals surface area contributed by atoms with E-state index in [0.29, 0.717) is 0 Å². The molecule has 0 unspecified atom stereocenters. The van der Waals surface area contributed by atoms with Gasteiger partial charge in [-0.3, -0.25) is 9.36 Å². The Labute approximate surface area is 145 Å². The van der Waals surface area contributed by atoms with Crippen LogP contribution in [0.15, 0.2) is 45.6 Å². The van der Waals surface area contributed by atoms with Gasteiger partial charge in [0.2, 0.25) is 11.2 Å². The molecule has 0 spiro atoms. The second-order valence-corrected chi connectivity index (χ2v) is 7.00. The van der Waals surface area contributed by atoms with E-state index >= 15 is 0 Å². The Hall–Kier alpha value is -3.00. The van der Waals surface area contributed by atoms with Crippen molar-refractivity contribution in [2.24, 2.45) is 0 Å². The van der Waals surface area contributed by atoms with Gasteiger partial charge in [-0.2, -0.15) is 0 Å². The summed E-state index contributed by atoms with van der Waals surface area (Å²) in [5.41, 5.74) is -0.605. The molecule has 0 saturated carbocycles. The van der Waals surface area contributed by atoms with Gasteiger partial charge in [0.05, 0.1) is 5.39 Å². The van der Waals surface area contributed by atoms with Crippen molar-refractivity contribution in [2.45, 2.75) is 0 Å². The predicted octanol–water partition coefficient (Wildman–Crippen LogP) is 2.09. The summed E-state index contributed by atoms with van der Waals surface area (Å²) in [6.07, 6.45) is -1.06. The average Bonchev–Trinajstić information content (AvgIpc) is 2.55. The molecule has 0 amide bonds. The molecule has 1 aromatic heterocycles. The van der Waals surface area contributed by atoms with Gasteiger partial charge in [-0.1, -0.05) is 0 Å². The number of ether oxygens (including phenoxy) is 1. The minimum Gasteiger partial charge on any atom is -0.508 e. The predicted molar refractivity (Wildman–Crippen MR) is 90.5 cm³/mol. The summed E-state index contributed by atoms with van der Waals surface area (Å²) in [5.74, 6) is -1.77. The molecule has 0 atom stereocenters. The second-order valence-electron chi connectivity index (χ2n) is 5.41. The fourth-order valence-electron chi connectivity index (χ4n) is 2.30. The third-order valence-corrected chi connectivity index (χ3v) is 3.91. The lowest BCUT2D eigenvalue weighted by molar-refractivity contribution is 0.296. The van der Waals surface area contributed by atoms with Crippen molar-refractivity contribution in [1.29, 1.82) is 0 Å². The van der Waals surface area contributed by atoms with Gasteiger partial charge in [-0.05, 0) is 30.3 Å². The summed E-state index contributed by atoms with van der Waals surface area (Å²) >= 11 is 0. The van der Waals surface area contributed by atoms with Crippen molar-refractivity contribution in [3.05, 3.63) is 46.6 Å². The molecule has 3 aromatic rings. The molecule has 3 rings (SSSR count). The minimum atomic E-state index is -4.58. The molecule has 0 aliphatic rings. The highest BCUT2D eigenvalue weighted by molar-refractivity contribution is 7.51. The molecule has 0 fully saturated rings. The topological polar surface area (TPSA) is 158 Å². The van der Waals surface area contributed by atoms with Crippen LogP contribution >= 0.6 is 7.60 Å². The molecule has 136 valence electrons. The highest BCUT2D eigenvalue weighted by Crippen LogP contribution is 2.39. The normalized spacial score (nSPS) is 11.6. The summed E-state index contributed by atoms with van der Waals surface area (Å²) in [7, 11) is -4.58. The molecule has 0 saturated heterocycles. The van der Waals surface area contributed by atoms with E-state index in [0.717, 1.165) is 12.1 Å². The third-order valence-electron chi connectivity index (χ3n) is 3.45. The highest BCUT2D eigenvalue weighted by atomic mass is 31.2. The zero-order chi connectivity index (χ0) is 19.1. The van der Waals surface area contributed by atoms with Gasteiger partial charge < -0.3 is 34.3 Å². The van der Waals surface area contributed by atoms with Crippen molar-refractivity contribution in [3.63, 3.8) is 0 Å². The summed E-state index contributed by atoms with van der Waals surface area (Å²) in [5, 5.41) is 28.7. The molecule has 1 heterocycles. The van der Waals surface area contributed by atoms with Crippen LogP contribution in [0.4, 0.5) is 0 Å². The number of aromatic hydroxyl groups is 3. The van der Waals surface area contributed by atoms with Crippen LogP contribution in [0.3, 0.4) is 0 Å². The molecule has 0 aliphatic carbocycles. The van der Waals surface area contributed by atoms with Crippen molar-refractivity contribution in [1.82, 2.24) is 0 Å². The lowest BCUT2D eigenvalue weighted by Crippen LogP contribution is -2.11. The molecule has 26 heavy (non-hydrogen) atoms. The van der Waals surface area contributed by atoms with Crippen LogP contribution in [0.25, 0.3) is 22.3 Å². The van der Waals surface area contributed by atoms with Crippen LogP contribution < -0.4 is 10.2 Å². The Morgan fingerprint density at radius 3 is 2.38 bits per heavy atom. The van der Waals surface area contributed by atoms with Gasteiger partial charge in [-0.15, -0.1) is 0 Å². The summed E-state index contributed by atoms with van der Waals surface area (Å²) in [6.45, 7) is 0.